The van der Waals surface area contributed by atoms with E-state index in [1.165, 1.54) is 6.92 Å². The van der Waals surface area contributed by atoms with Crippen LogP contribution in [-0.2, 0) is 19.3 Å². The second-order valence-corrected chi connectivity index (χ2v) is 3.80. The molecular formula is C8H13NO7. The molecule has 0 saturated carbocycles. The summed E-state index contributed by atoms with van der Waals surface area (Å²) < 4.78 is 5.11. The fraction of sp³-hybridized carbons (Fsp3) is 0.875. The zero-order chi connectivity index (χ0) is 11.9. The van der Waals surface area contributed by atoms with Crippen molar-refractivity contribution in [1.82, 2.24) is 5.32 Å². The molecule has 5 atom stereocenters. The lowest BCUT2D eigenvalue weighted by Gasteiger charge is -2.39. The van der Waals surface area contributed by atoms with E-state index in [4.69, 9.17) is 14.7 Å². The molecule has 2 aliphatic heterocycles. The average Bonchev–Trinajstić information content (AvgIpc) is 2.65. The Hall–Kier alpha value is -0.770. The normalized spacial score (nSPS) is 46.8. The van der Waals surface area contributed by atoms with E-state index in [-0.39, 0.29) is 0 Å². The minimum Gasteiger partial charge on any atom is -0.391 e. The van der Waals surface area contributed by atoms with Crippen LogP contribution in [0.15, 0.2) is 0 Å². The number of hydrogen-bond donors (Lipinski definition) is 4. The van der Waals surface area contributed by atoms with Crippen molar-refractivity contribution in [2.45, 2.75) is 37.3 Å². The number of nitrogens with one attached hydrogen (secondary N) is 1. The van der Waals surface area contributed by atoms with Crippen LogP contribution in [0.5, 0.6) is 0 Å². The van der Waals surface area contributed by atoms with Crippen molar-refractivity contribution < 1.29 is 34.6 Å². The highest BCUT2D eigenvalue weighted by atomic mass is 17.3. The molecule has 8 heteroatoms. The Morgan fingerprint density at radius 2 is 2.19 bits per heavy atom. The van der Waals surface area contributed by atoms with E-state index in [0.29, 0.717) is 0 Å². The van der Waals surface area contributed by atoms with Crippen molar-refractivity contribution >= 4 is 5.91 Å². The zero-order valence-corrected chi connectivity index (χ0v) is 8.49. The highest BCUT2D eigenvalue weighted by Gasteiger charge is 2.61. The summed E-state index contributed by atoms with van der Waals surface area (Å²) >= 11 is 0. The molecule has 16 heavy (non-hydrogen) atoms. The van der Waals surface area contributed by atoms with Crippen molar-refractivity contribution in [1.29, 1.82) is 0 Å². The summed E-state index contributed by atoms with van der Waals surface area (Å²) in [7, 11) is 0. The summed E-state index contributed by atoms with van der Waals surface area (Å²) in [5, 5.41) is 30.9. The molecule has 2 heterocycles. The first-order valence-electron chi connectivity index (χ1n) is 4.76. The molecule has 2 fully saturated rings. The van der Waals surface area contributed by atoms with Gasteiger partial charge in [-0.3, -0.25) is 4.79 Å². The Morgan fingerprint density at radius 1 is 1.50 bits per heavy atom. The Bertz CT molecular complexity index is 298. The molecular weight excluding hydrogens is 222 g/mol. The molecule has 2 aliphatic rings. The molecule has 0 aromatic heterocycles. The Morgan fingerprint density at radius 3 is 2.75 bits per heavy atom. The second-order valence-electron chi connectivity index (χ2n) is 3.80. The summed E-state index contributed by atoms with van der Waals surface area (Å²) in [6, 6.07) is -0.949. The smallest absolute Gasteiger partial charge is 0.256 e. The van der Waals surface area contributed by atoms with Crippen LogP contribution in [0.2, 0.25) is 0 Å². The van der Waals surface area contributed by atoms with Gasteiger partial charge >= 0.3 is 0 Å². The van der Waals surface area contributed by atoms with Crippen LogP contribution < -0.4 is 5.32 Å². The largest absolute Gasteiger partial charge is 0.391 e. The molecule has 0 unspecified atom stereocenters. The fourth-order valence-corrected chi connectivity index (χ4v) is 1.78. The van der Waals surface area contributed by atoms with Gasteiger partial charge in [0.05, 0.1) is 0 Å². The number of fused-ring (bicyclic) bond motifs is 2. The first-order chi connectivity index (χ1) is 7.50. The minimum absolute atomic E-state index is 0.410. The van der Waals surface area contributed by atoms with Crippen LogP contribution >= 0.6 is 0 Å². The van der Waals surface area contributed by atoms with Gasteiger partial charge in [0.1, 0.15) is 24.9 Å². The van der Waals surface area contributed by atoms with E-state index in [0.717, 1.165) is 0 Å². The maximum Gasteiger partial charge on any atom is 0.256 e. The Labute approximate surface area is 90.6 Å². The van der Waals surface area contributed by atoms with Gasteiger partial charge < -0.3 is 25.4 Å². The quantitative estimate of drug-likeness (QED) is 0.382. The molecule has 0 radical (unpaired) electrons. The van der Waals surface area contributed by atoms with Crippen molar-refractivity contribution in [2.75, 3.05) is 6.61 Å². The summed E-state index contributed by atoms with van der Waals surface area (Å²) in [5.74, 6) is -2.19. The third kappa shape index (κ3) is 1.59. The number of hydrogen-bond acceptors (Lipinski definition) is 7. The monoisotopic (exact) mass is 235 g/mol. The summed E-state index contributed by atoms with van der Waals surface area (Å²) in [4.78, 5) is 20.3. The van der Waals surface area contributed by atoms with Crippen LogP contribution in [0.3, 0.4) is 0 Å². The topological polar surface area (TPSA) is 117 Å². The maximum atomic E-state index is 10.9. The molecule has 2 saturated heterocycles. The third-order valence-corrected chi connectivity index (χ3v) is 2.63. The van der Waals surface area contributed by atoms with Crippen LogP contribution in [-0.4, -0.2) is 58.2 Å². The molecule has 2 rings (SSSR count). The predicted octanol–water partition coefficient (Wildman–Crippen LogP) is -2.78. The number of carbonyl (C=O) groups excluding carboxylic acids is 1. The van der Waals surface area contributed by atoms with E-state index in [9.17, 15) is 15.0 Å². The molecule has 0 spiro atoms. The molecule has 2 bridgehead atoms. The van der Waals surface area contributed by atoms with Crippen LogP contribution in [0, 0.1) is 0 Å². The fourth-order valence-electron chi connectivity index (χ4n) is 1.78. The number of ether oxygens (including phenoxy) is 1. The third-order valence-electron chi connectivity index (χ3n) is 2.63. The highest BCUT2D eigenvalue weighted by Crippen LogP contribution is 2.37. The first-order valence-corrected chi connectivity index (χ1v) is 4.76. The van der Waals surface area contributed by atoms with E-state index in [2.05, 4.69) is 10.2 Å². The van der Waals surface area contributed by atoms with Gasteiger partial charge in [-0.05, 0) is 0 Å². The van der Waals surface area contributed by atoms with E-state index >= 15 is 0 Å². The molecule has 92 valence electrons. The van der Waals surface area contributed by atoms with Gasteiger partial charge in [0.25, 0.3) is 5.79 Å². The SMILES string of the molecule is CC(=O)N[C@H]1[C@H]2OO[C@](CO)(O2)[C@H](O)[C@@H]1O. The Kier molecular flexibility index (Phi) is 2.86. The minimum atomic E-state index is -1.78. The van der Waals surface area contributed by atoms with E-state index in [1.807, 2.05) is 0 Å². The lowest BCUT2D eigenvalue weighted by molar-refractivity contribution is -0.355. The van der Waals surface area contributed by atoms with Crippen LogP contribution in [0.4, 0.5) is 0 Å². The molecule has 4 N–H and O–H groups in total. The highest BCUT2D eigenvalue weighted by molar-refractivity contribution is 5.73. The molecule has 0 aromatic rings. The van der Waals surface area contributed by atoms with Gasteiger partial charge in [-0.25, -0.2) is 0 Å². The van der Waals surface area contributed by atoms with Crippen LogP contribution in [0.25, 0.3) is 0 Å². The van der Waals surface area contributed by atoms with Crippen molar-refractivity contribution in [3.8, 4) is 0 Å². The van der Waals surface area contributed by atoms with E-state index in [1.54, 1.807) is 0 Å². The van der Waals surface area contributed by atoms with Gasteiger partial charge in [-0.15, -0.1) is 0 Å². The first kappa shape index (κ1) is 11.7. The zero-order valence-electron chi connectivity index (χ0n) is 8.49. The molecule has 1 amide bonds. The van der Waals surface area contributed by atoms with Gasteiger partial charge in [0.15, 0.2) is 0 Å². The number of carbonyl (C=O) groups is 1. The number of rotatable bonds is 2. The van der Waals surface area contributed by atoms with E-state index < -0.39 is 42.8 Å². The standard InChI is InChI=1S/C8H13NO7/c1-3(11)9-4-5(12)6(13)8(2-10)14-7(4)15-16-8/h4-7,10,12-13H,2H2,1H3,(H,9,11)/t4-,5-,6-,7-,8+/m1/s1. The van der Waals surface area contributed by atoms with Crippen molar-refractivity contribution in [3.05, 3.63) is 0 Å². The lowest BCUT2D eigenvalue weighted by Crippen LogP contribution is -2.66. The average molecular weight is 235 g/mol. The number of amides is 1. The van der Waals surface area contributed by atoms with Crippen molar-refractivity contribution in [3.63, 3.8) is 0 Å². The maximum absolute atomic E-state index is 10.9. The lowest BCUT2D eigenvalue weighted by atomic mass is 9.95. The number of aliphatic hydroxyl groups is 3. The number of aliphatic hydroxyl groups excluding tert-OH is 3. The summed E-state index contributed by atoms with van der Waals surface area (Å²) in [6.45, 7) is 0.581. The summed E-state index contributed by atoms with van der Waals surface area (Å²) in [5.41, 5.74) is 0. The molecule has 8 nitrogen and oxygen atoms in total. The van der Waals surface area contributed by atoms with Crippen molar-refractivity contribution in [2.24, 2.45) is 0 Å². The summed E-state index contributed by atoms with van der Waals surface area (Å²) in [6.07, 6.45) is -3.93. The van der Waals surface area contributed by atoms with Gasteiger partial charge in [-0.2, -0.15) is 9.78 Å². The molecule has 0 aliphatic carbocycles. The Balaban J connectivity index is 2.19. The van der Waals surface area contributed by atoms with Gasteiger partial charge in [0.2, 0.25) is 12.2 Å². The van der Waals surface area contributed by atoms with Crippen LogP contribution in [0.1, 0.15) is 6.92 Å². The second kappa shape index (κ2) is 3.91. The predicted molar refractivity (Wildman–Crippen MR) is 46.5 cm³/mol. The van der Waals surface area contributed by atoms with Gasteiger partial charge in [0, 0.05) is 6.92 Å². The molecule has 0 aromatic carbocycles. The van der Waals surface area contributed by atoms with Gasteiger partial charge in [-0.1, -0.05) is 0 Å².